The van der Waals surface area contributed by atoms with E-state index in [-0.39, 0.29) is 5.69 Å². The highest BCUT2D eigenvalue weighted by Crippen LogP contribution is 2.20. The molecule has 0 aliphatic carbocycles. The molecule has 1 aromatic carbocycles. The highest BCUT2D eigenvalue weighted by Gasteiger charge is 2.25. The molecule has 0 saturated carbocycles. The van der Waals surface area contributed by atoms with E-state index in [1.807, 2.05) is 0 Å². The second-order valence-corrected chi connectivity index (χ2v) is 5.43. The molecule has 1 aromatic rings. The number of hydrogen-bond acceptors (Lipinski definition) is 4. The molecular weight excluding hydrogens is 249 g/mol. The summed E-state index contributed by atoms with van der Waals surface area (Å²) in [5.74, 6) is -1.77. The maximum atomic E-state index is 13.4. The summed E-state index contributed by atoms with van der Waals surface area (Å²) < 4.78 is 37.8. The van der Waals surface area contributed by atoms with Crippen LogP contribution in [0.3, 0.4) is 0 Å². The van der Waals surface area contributed by atoms with Gasteiger partial charge in [0, 0.05) is 12.7 Å². The Morgan fingerprint density at radius 1 is 1.47 bits per heavy atom. The maximum absolute atomic E-state index is 13.4. The lowest BCUT2D eigenvalue weighted by Crippen LogP contribution is -2.35. The number of carbonyl (C=O) groups is 1. The molecule has 0 atom stereocenters. The van der Waals surface area contributed by atoms with Crippen molar-refractivity contribution in [1.82, 2.24) is 4.31 Å². The molecule has 0 bridgehead atoms. The van der Waals surface area contributed by atoms with Gasteiger partial charge in [0.2, 0.25) is 15.9 Å². The summed E-state index contributed by atoms with van der Waals surface area (Å²) in [6, 6.07) is 3.17. The van der Waals surface area contributed by atoms with Crippen LogP contribution in [-0.4, -0.2) is 32.2 Å². The van der Waals surface area contributed by atoms with Gasteiger partial charge in [0.05, 0.1) is 6.54 Å². The van der Waals surface area contributed by atoms with Crippen molar-refractivity contribution in [2.45, 2.75) is 4.90 Å². The van der Waals surface area contributed by atoms with E-state index in [0.717, 1.165) is 19.2 Å². The van der Waals surface area contributed by atoms with Gasteiger partial charge in [-0.3, -0.25) is 4.79 Å². The van der Waals surface area contributed by atoms with Gasteiger partial charge in [0.15, 0.2) is 0 Å². The number of rotatable bonds is 4. The lowest BCUT2D eigenvalue weighted by atomic mass is 10.3. The fourth-order valence-corrected chi connectivity index (χ4v) is 2.42. The van der Waals surface area contributed by atoms with Gasteiger partial charge in [-0.1, -0.05) is 0 Å². The van der Waals surface area contributed by atoms with Crippen LogP contribution in [0.25, 0.3) is 0 Å². The van der Waals surface area contributed by atoms with Crippen molar-refractivity contribution in [1.29, 1.82) is 0 Å². The van der Waals surface area contributed by atoms with Crippen molar-refractivity contribution in [3.8, 4) is 0 Å². The summed E-state index contributed by atoms with van der Waals surface area (Å²) in [6.07, 6.45) is 0. The molecule has 0 heterocycles. The van der Waals surface area contributed by atoms with Gasteiger partial charge in [-0.05, 0) is 18.2 Å². The highest BCUT2D eigenvalue weighted by atomic mass is 32.2. The molecule has 1 rings (SSSR count). The van der Waals surface area contributed by atoms with Gasteiger partial charge in [-0.15, -0.1) is 0 Å². The minimum atomic E-state index is -4.11. The molecule has 0 aromatic heterocycles. The van der Waals surface area contributed by atoms with Crippen LogP contribution >= 0.6 is 0 Å². The Morgan fingerprint density at radius 3 is 2.59 bits per heavy atom. The molecule has 17 heavy (non-hydrogen) atoms. The molecule has 0 aliphatic heterocycles. The van der Waals surface area contributed by atoms with Gasteiger partial charge in [0.25, 0.3) is 0 Å². The topological polar surface area (TPSA) is 106 Å². The number of nitrogens with two attached hydrogens (primary N) is 2. The first kappa shape index (κ1) is 13.4. The Balaban J connectivity index is 3.21. The first-order valence-corrected chi connectivity index (χ1v) is 5.99. The van der Waals surface area contributed by atoms with Crippen LogP contribution in [0.4, 0.5) is 10.1 Å². The predicted octanol–water partition coefficient (Wildman–Crippen LogP) is -0.486. The number of primary amides is 1. The smallest absolute Gasteiger partial charge is 0.246 e. The van der Waals surface area contributed by atoms with E-state index in [1.54, 1.807) is 0 Å². The summed E-state index contributed by atoms with van der Waals surface area (Å²) in [5, 5.41) is 0. The highest BCUT2D eigenvalue weighted by molar-refractivity contribution is 7.89. The number of carbonyl (C=O) groups excluding carboxylic acids is 1. The van der Waals surface area contributed by atoms with E-state index in [2.05, 4.69) is 0 Å². The summed E-state index contributed by atoms with van der Waals surface area (Å²) in [6.45, 7) is -0.531. The summed E-state index contributed by atoms with van der Waals surface area (Å²) in [5.41, 5.74) is 10.4. The Kier molecular flexibility index (Phi) is 3.69. The van der Waals surface area contributed by atoms with E-state index in [0.29, 0.717) is 4.31 Å². The number of halogens is 1. The van der Waals surface area contributed by atoms with Crippen LogP contribution in [-0.2, 0) is 14.8 Å². The molecule has 1 amide bonds. The predicted molar refractivity (Wildman–Crippen MR) is 59.8 cm³/mol. The van der Waals surface area contributed by atoms with Crippen molar-refractivity contribution in [3.63, 3.8) is 0 Å². The largest absolute Gasteiger partial charge is 0.399 e. The molecular formula is C9H12FN3O3S. The van der Waals surface area contributed by atoms with Crippen LogP contribution in [0, 0.1) is 5.82 Å². The van der Waals surface area contributed by atoms with E-state index < -0.39 is 33.2 Å². The van der Waals surface area contributed by atoms with Crippen LogP contribution in [0.2, 0.25) is 0 Å². The lowest BCUT2D eigenvalue weighted by Gasteiger charge is -2.15. The van der Waals surface area contributed by atoms with Crippen molar-refractivity contribution >= 4 is 21.6 Å². The zero-order valence-corrected chi connectivity index (χ0v) is 9.87. The minimum Gasteiger partial charge on any atom is -0.399 e. The Hall–Kier alpha value is -1.67. The quantitative estimate of drug-likeness (QED) is 0.713. The Bertz CT molecular complexity index is 544. The first-order chi connectivity index (χ1) is 7.75. The molecule has 0 fully saturated rings. The lowest BCUT2D eigenvalue weighted by molar-refractivity contribution is -0.118. The molecule has 0 radical (unpaired) electrons. The first-order valence-electron chi connectivity index (χ1n) is 4.55. The second kappa shape index (κ2) is 4.68. The van der Waals surface area contributed by atoms with Crippen molar-refractivity contribution < 1.29 is 17.6 Å². The standard InChI is InChI=1S/C9H12FN3O3S/c1-13(5-9(12)14)17(15,16)8-4-6(11)2-3-7(8)10/h2-4H,5,11H2,1H3,(H2,12,14). The maximum Gasteiger partial charge on any atom is 0.246 e. The molecule has 6 nitrogen and oxygen atoms in total. The van der Waals surface area contributed by atoms with Crippen molar-refractivity contribution in [3.05, 3.63) is 24.0 Å². The number of likely N-dealkylation sites (N-methyl/N-ethyl adjacent to an activating group) is 1. The second-order valence-electron chi connectivity index (χ2n) is 3.42. The number of hydrogen-bond donors (Lipinski definition) is 2. The summed E-state index contributed by atoms with van der Waals surface area (Å²) >= 11 is 0. The fraction of sp³-hybridized carbons (Fsp3) is 0.222. The molecule has 8 heteroatoms. The zero-order chi connectivity index (χ0) is 13.2. The minimum absolute atomic E-state index is 0.109. The SMILES string of the molecule is CN(CC(N)=O)S(=O)(=O)c1cc(N)ccc1F. The van der Waals surface area contributed by atoms with Gasteiger partial charge in [-0.25, -0.2) is 12.8 Å². The third-order valence-corrected chi connectivity index (χ3v) is 3.84. The van der Waals surface area contributed by atoms with Gasteiger partial charge < -0.3 is 11.5 Å². The Labute approximate surface area is 98.1 Å². The van der Waals surface area contributed by atoms with Gasteiger partial charge in [-0.2, -0.15) is 4.31 Å². The molecule has 0 aliphatic rings. The van der Waals surface area contributed by atoms with Crippen LogP contribution < -0.4 is 11.5 Å². The monoisotopic (exact) mass is 261 g/mol. The average Bonchev–Trinajstić information content (AvgIpc) is 2.20. The van der Waals surface area contributed by atoms with E-state index in [1.165, 1.54) is 6.07 Å². The van der Waals surface area contributed by atoms with E-state index in [9.17, 15) is 17.6 Å². The number of nitrogens with zero attached hydrogens (tertiary/aromatic N) is 1. The third-order valence-electron chi connectivity index (χ3n) is 2.02. The van der Waals surface area contributed by atoms with E-state index in [4.69, 9.17) is 11.5 Å². The van der Waals surface area contributed by atoms with Crippen LogP contribution in [0.5, 0.6) is 0 Å². The van der Waals surface area contributed by atoms with Gasteiger partial charge in [0.1, 0.15) is 10.7 Å². The third kappa shape index (κ3) is 2.92. The number of benzene rings is 1. The van der Waals surface area contributed by atoms with Crippen molar-refractivity contribution in [2.24, 2.45) is 5.73 Å². The average molecular weight is 261 g/mol. The van der Waals surface area contributed by atoms with E-state index >= 15 is 0 Å². The van der Waals surface area contributed by atoms with Gasteiger partial charge >= 0.3 is 0 Å². The van der Waals surface area contributed by atoms with Crippen LogP contribution in [0.15, 0.2) is 23.1 Å². The molecule has 4 N–H and O–H groups in total. The van der Waals surface area contributed by atoms with Crippen LogP contribution in [0.1, 0.15) is 0 Å². The number of anilines is 1. The summed E-state index contributed by atoms with van der Waals surface area (Å²) in [4.78, 5) is 10.1. The molecule has 0 spiro atoms. The van der Waals surface area contributed by atoms with Crippen molar-refractivity contribution in [2.75, 3.05) is 19.3 Å². The molecule has 0 unspecified atom stereocenters. The number of amides is 1. The number of sulfonamides is 1. The number of nitrogen functional groups attached to an aromatic ring is 1. The summed E-state index contributed by atoms with van der Waals surface area (Å²) in [7, 11) is -2.98. The Morgan fingerprint density at radius 2 is 2.06 bits per heavy atom. The molecule has 94 valence electrons. The fourth-order valence-electron chi connectivity index (χ4n) is 1.19. The normalized spacial score (nSPS) is 11.7. The molecule has 0 saturated heterocycles. The zero-order valence-electron chi connectivity index (χ0n) is 9.05.